The van der Waals surface area contributed by atoms with E-state index in [0.29, 0.717) is 0 Å². The van der Waals surface area contributed by atoms with Crippen LogP contribution < -0.4 is 9.80 Å². The third-order valence-corrected chi connectivity index (χ3v) is 3.46. The second-order valence-electron chi connectivity index (χ2n) is 5.14. The Labute approximate surface area is 110 Å². The standard InChI is InChI=1S/C14H24N4/c1-4-5-8-17(3)13-11-12(2)15-14(16-13)18-9-6-7-10-18/h11H,4-10H2,1-3H3. The normalized spacial score (nSPS) is 15.2. The topological polar surface area (TPSA) is 32.3 Å². The Morgan fingerprint density at radius 3 is 2.67 bits per heavy atom. The molecule has 0 aromatic carbocycles. The van der Waals surface area contributed by atoms with Crippen LogP contribution in [0, 0.1) is 6.92 Å². The Hall–Kier alpha value is -1.32. The molecule has 0 amide bonds. The Kier molecular flexibility index (Phi) is 4.39. The fraction of sp³-hybridized carbons (Fsp3) is 0.714. The van der Waals surface area contributed by atoms with Gasteiger partial charge in [0.1, 0.15) is 5.82 Å². The quantitative estimate of drug-likeness (QED) is 0.802. The van der Waals surface area contributed by atoms with Crippen molar-refractivity contribution in [3.05, 3.63) is 11.8 Å². The zero-order valence-corrected chi connectivity index (χ0v) is 11.8. The van der Waals surface area contributed by atoms with Gasteiger partial charge in [-0.3, -0.25) is 0 Å². The van der Waals surface area contributed by atoms with Gasteiger partial charge in [-0.25, -0.2) is 4.98 Å². The predicted molar refractivity (Wildman–Crippen MR) is 76.4 cm³/mol. The number of unbranched alkanes of at least 4 members (excludes halogenated alkanes) is 1. The Balaban J connectivity index is 2.14. The van der Waals surface area contributed by atoms with Gasteiger partial charge in [-0.15, -0.1) is 0 Å². The van der Waals surface area contributed by atoms with Crippen molar-refractivity contribution in [3.8, 4) is 0 Å². The van der Waals surface area contributed by atoms with Gasteiger partial charge in [-0.2, -0.15) is 4.98 Å². The summed E-state index contributed by atoms with van der Waals surface area (Å²) >= 11 is 0. The van der Waals surface area contributed by atoms with E-state index in [1.807, 2.05) is 0 Å². The highest BCUT2D eigenvalue weighted by Gasteiger charge is 2.16. The fourth-order valence-electron chi connectivity index (χ4n) is 2.30. The van der Waals surface area contributed by atoms with Gasteiger partial charge in [0.05, 0.1) is 0 Å². The molecule has 0 unspecified atom stereocenters. The highest BCUT2D eigenvalue weighted by atomic mass is 15.3. The van der Waals surface area contributed by atoms with Crippen molar-refractivity contribution < 1.29 is 0 Å². The number of nitrogens with zero attached hydrogens (tertiary/aromatic N) is 4. The molecule has 0 saturated carbocycles. The van der Waals surface area contributed by atoms with E-state index < -0.39 is 0 Å². The lowest BCUT2D eigenvalue weighted by Gasteiger charge is -2.21. The molecule has 0 atom stereocenters. The van der Waals surface area contributed by atoms with Crippen molar-refractivity contribution in [3.63, 3.8) is 0 Å². The van der Waals surface area contributed by atoms with Gasteiger partial charge in [0, 0.05) is 38.4 Å². The summed E-state index contributed by atoms with van der Waals surface area (Å²) in [7, 11) is 2.12. The molecule has 1 fully saturated rings. The Bertz CT molecular complexity index is 385. The van der Waals surface area contributed by atoms with Gasteiger partial charge in [0.2, 0.25) is 5.95 Å². The molecule has 4 nitrogen and oxygen atoms in total. The molecule has 100 valence electrons. The molecule has 1 aliphatic rings. The number of aryl methyl sites for hydroxylation is 1. The van der Waals surface area contributed by atoms with E-state index in [-0.39, 0.29) is 0 Å². The third-order valence-electron chi connectivity index (χ3n) is 3.46. The second-order valence-corrected chi connectivity index (χ2v) is 5.14. The molecule has 0 spiro atoms. The van der Waals surface area contributed by atoms with Crippen LogP contribution in [0.3, 0.4) is 0 Å². The van der Waals surface area contributed by atoms with Gasteiger partial charge < -0.3 is 9.80 Å². The lowest BCUT2D eigenvalue weighted by molar-refractivity contribution is 0.755. The smallest absolute Gasteiger partial charge is 0.227 e. The summed E-state index contributed by atoms with van der Waals surface area (Å²) < 4.78 is 0. The van der Waals surface area contributed by atoms with E-state index in [1.165, 1.54) is 25.7 Å². The molecule has 1 saturated heterocycles. The molecule has 2 heterocycles. The van der Waals surface area contributed by atoms with Crippen LogP contribution in [0.4, 0.5) is 11.8 Å². The molecule has 1 aromatic rings. The zero-order valence-electron chi connectivity index (χ0n) is 11.8. The summed E-state index contributed by atoms with van der Waals surface area (Å²) in [5.74, 6) is 1.96. The van der Waals surface area contributed by atoms with Gasteiger partial charge >= 0.3 is 0 Å². The summed E-state index contributed by atoms with van der Waals surface area (Å²) in [6, 6.07) is 2.08. The minimum absolute atomic E-state index is 0.908. The first-order valence-corrected chi connectivity index (χ1v) is 7.02. The molecular weight excluding hydrogens is 224 g/mol. The van der Waals surface area contributed by atoms with Crippen LogP contribution in [-0.2, 0) is 0 Å². The van der Waals surface area contributed by atoms with Crippen molar-refractivity contribution in [2.45, 2.75) is 39.5 Å². The van der Waals surface area contributed by atoms with Crippen LogP contribution in [0.25, 0.3) is 0 Å². The van der Waals surface area contributed by atoms with Crippen LogP contribution in [0.2, 0.25) is 0 Å². The molecule has 4 heteroatoms. The summed E-state index contributed by atoms with van der Waals surface area (Å²) in [4.78, 5) is 13.8. The average molecular weight is 248 g/mol. The highest BCUT2D eigenvalue weighted by Crippen LogP contribution is 2.20. The van der Waals surface area contributed by atoms with Gasteiger partial charge in [0.15, 0.2) is 0 Å². The molecular formula is C14H24N4. The minimum atomic E-state index is 0.908. The van der Waals surface area contributed by atoms with Crippen LogP contribution in [0.1, 0.15) is 38.3 Å². The number of anilines is 2. The molecule has 0 N–H and O–H groups in total. The van der Waals surface area contributed by atoms with Crippen molar-refractivity contribution in [1.82, 2.24) is 9.97 Å². The third kappa shape index (κ3) is 3.12. The van der Waals surface area contributed by atoms with Crippen molar-refractivity contribution >= 4 is 11.8 Å². The van der Waals surface area contributed by atoms with Crippen LogP contribution in [0.5, 0.6) is 0 Å². The van der Waals surface area contributed by atoms with Crippen molar-refractivity contribution in [2.75, 3.05) is 36.5 Å². The maximum atomic E-state index is 4.71. The van der Waals surface area contributed by atoms with Crippen LogP contribution in [-0.4, -0.2) is 36.6 Å². The Morgan fingerprint density at radius 1 is 1.28 bits per heavy atom. The molecule has 2 rings (SSSR count). The van der Waals surface area contributed by atoms with E-state index in [9.17, 15) is 0 Å². The van der Waals surface area contributed by atoms with Gasteiger partial charge in [-0.1, -0.05) is 13.3 Å². The molecule has 1 aliphatic heterocycles. The van der Waals surface area contributed by atoms with E-state index in [1.54, 1.807) is 0 Å². The summed E-state index contributed by atoms with van der Waals surface area (Å²) in [6.07, 6.45) is 4.95. The first-order valence-electron chi connectivity index (χ1n) is 7.02. The fourth-order valence-corrected chi connectivity index (χ4v) is 2.30. The highest BCUT2D eigenvalue weighted by molar-refractivity contribution is 5.45. The predicted octanol–water partition coefficient (Wildman–Crippen LogP) is 2.62. The van der Waals surface area contributed by atoms with Crippen LogP contribution in [0.15, 0.2) is 6.07 Å². The van der Waals surface area contributed by atoms with Gasteiger partial charge in [-0.05, 0) is 26.2 Å². The number of rotatable bonds is 5. The van der Waals surface area contributed by atoms with E-state index in [0.717, 1.165) is 37.1 Å². The number of hydrogen-bond acceptors (Lipinski definition) is 4. The molecule has 0 aliphatic carbocycles. The monoisotopic (exact) mass is 248 g/mol. The maximum absolute atomic E-state index is 4.71. The Morgan fingerprint density at radius 2 is 2.00 bits per heavy atom. The largest absolute Gasteiger partial charge is 0.360 e. The van der Waals surface area contributed by atoms with Gasteiger partial charge in [0.25, 0.3) is 0 Å². The lowest BCUT2D eigenvalue weighted by Crippen LogP contribution is -2.24. The number of hydrogen-bond donors (Lipinski definition) is 0. The summed E-state index contributed by atoms with van der Waals surface area (Å²) in [6.45, 7) is 7.53. The number of aromatic nitrogens is 2. The van der Waals surface area contributed by atoms with Crippen molar-refractivity contribution in [1.29, 1.82) is 0 Å². The summed E-state index contributed by atoms with van der Waals surface area (Å²) in [5.41, 5.74) is 1.06. The first-order chi connectivity index (χ1) is 8.70. The summed E-state index contributed by atoms with van der Waals surface area (Å²) in [5, 5.41) is 0. The maximum Gasteiger partial charge on any atom is 0.227 e. The molecule has 18 heavy (non-hydrogen) atoms. The molecule has 0 radical (unpaired) electrons. The van der Waals surface area contributed by atoms with Crippen molar-refractivity contribution in [2.24, 2.45) is 0 Å². The first kappa shape index (κ1) is 13.1. The van der Waals surface area contributed by atoms with E-state index in [4.69, 9.17) is 4.98 Å². The average Bonchev–Trinajstić information content (AvgIpc) is 2.89. The second kappa shape index (κ2) is 6.03. The zero-order chi connectivity index (χ0) is 13.0. The lowest BCUT2D eigenvalue weighted by atomic mass is 10.3. The van der Waals surface area contributed by atoms with E-state index in [2.05, 4.69) is 41.7 Å². The minimum Gasteiger partial charge on any atom is -0.360 e. The molecule has 1 aromatic heterocycles. The van der Waals surface area contributed by atoms with E-state index >= 15 is 0 Å². The van der Waals surface area contributed by atoms with Crippen LogP contribution >= 0.6 is 0 Å². The SMILES string of the molecule is CCCCN(C)c1cc(C)nc(N2CCCC2)n1. The molecule has 0 bridgehead atoms.